The Balaban J connectivity index is 2.58. The molecule has 2 heteroatoms. The van der Waals surface area contributed by atoms with Gasteiger partial charge in [-0.25, -0.2) is 0 Å². The Labute approximate surface area is 87.2 Å². The van der Waals surface area contributed by atoms with Crippen molar-refractivity contribution >= 4 is 20.4 Å². The summed E-state index contributed by atoms with van der Waals surface area (Å²) in [4.78, 5) is 2.21. The predicted molar refractivity (Wildman–Crippen MR) is 59.5 cm³/mol. The van der Waals surface area contributed by atoms with Crippen LogP contribution in [0.15, 0.2) is 30.5 Å². The summed E-state index contributed by atoms with van der Waals surface area (Å²) in [5, 5.41) is 0. The van der Waals surface area contributed by atoms with E-state index in [1.807, 2.05) is 0 Å². The molecular weight excluding hydrogens is 226 g/mol. The molecule has 0 saturated heterocycles. The van der Waals surface area contributed by atoms with Gasteiger partial charge in [-0.3, -0.25) is 0 Å². The lowest BCUT2D eigenvalue weighted by Gasteiger charge is -2.30. The SMILES string of the molecule is CC1c2ccccc2C(Br)=CN1C. The third-order valence-electron chi connectivity index (χ3n) is 2.60. The number of fused-ring (bicyclic) bond motifs is 1. The van der Waals surface area contributed by atoms with Crippen LogP contribution in [0.5, 0.6) is 0 Å². The summed E-state index contributed by atoms with van der Waals surface area (Å²) in [6.07, 6.45) is 2.13. The lowest BCUT2D eigenvalue weighted by molar-refractivity contribution is 0.357. The summed E-state index contributed by atoms with van der Waals surface area (Å²) >= 11 is 3.57. The molecule has 0 spiro atoms. The monoisotopic (exact) mass is 237 g/mol. The molecule has 0 aliphatic carbocycles. The van der Waals surface area contributed by atoms with Crippen molar-refractivity contribution in [3.05, 3.63) is 41.6 Å². The van der Waals surface area contributed by atoms with E-state index >= 15 is 0 Å². The minimum atomic E-state index is 0.470. The van der Waals surface area contributed by atoms with Crippen LogP contribution >= 0.6 is 15.9 Å². The topological polar surface area (TPSA) is 3.24 Å². The molecule has 0 N–H and O–H groups in total. The van der Waals surface area contributed by atoms with Crippen molar-refractivity contribution in [3.63, 3.8) is 0 Å². The zero-order valence-electron chi connectivity index (χ0n) is 7.79. The van der Waals surface area contributed by atoms with Gasteiger partial charge in [-0.15, -0.1) is 0 Å². The number of nitrogens with zero attached hydrogens (tertiary/aromatic N) is 1. The molecule has 68 valence electrons. The summed E-state index contributed by atoms with van der Waals surface area (Å²) in [6, 6.07) is 8.97. The molecule has 1 aliphatic rings. The Bertz CT molecular complexity index is 357. The van der Waals surface area contributed by atoms with Crippen LogP contribution in [-0.2, 0) is 0 Å². The third kappa shape index (κ3) is 1.39. The second-order valence-electron chi connectivity index (χ2n) is 3.41. The van der Waals surface area contributed by atoms with Crippen LogP contribution in [0.2, 0.25) is 0 Å². The minimum Gasteiger partial charge on any atom is -0.373 e. The molecule has 1 aromatic rings. The van der Waals surface area contributed by atoms with Crippen LogP contribution < -0.4 is 0 Å². The quantitative estimate of drug-likeness (QED) is 0.669. The fourth-order valence-corrected chi connectivity index (χ4v) is 2.34. The van der Waals surface area contributed by atoms with Crippen molar-refractivity contribution < 1.29 is 0 Å². The number of rotatable bonds is 0. The summed E-state index contributed by atoms with van der Waals surface area (Å²) in [7, 11) is 2.10. The summed E-state index contributed by atoms with van der Waals surface area (Å²) in [5.41, 5.74) is 2.70. The van der Waals surface area contributed by atoms with Gasteiger partial charge in [-0.2, -0.15) is 0 Å². The van der Waals surface area contributed by atoms with Gasteiger partial charge in [0.15, 0.2) is 0 Å². The average molecular weight is 238 g/mol. The van der Waals surface area contributed by atoms with Gasteiger partial charge in [0.2, 0.25) is 0 Å². The Morgan fingerprint density at radius 3 is 2.77 bits per heavy atom. The molecule has 1 aliphatic heterocycles. The van der Waals surface area contributed by atoms with E-state index in [2.05, 4.69) is 65.3 Å². The lowest BCUT2D eigenvalue weighted by Crippen LogP contribution is -2.20. The van der Waals surface area contributed by atoms with Gasteiger partial charge in [0, 0.05) is 17.7 Å². The number of hydrogen-bond acceptors (Lipinski definition) is 1. The Kier molecular flexibility index (Phi) is 2.16. The molecule has 2 rings (SSSR count). The van der Waals surface area contributed by atoms with Gasteiger partial charge in [0.05, 0.1) is 6.04 Å². The van der Waals surface area contributed by atoms with Gasteiger partial charge in [-0.05, 0) is 34.0 Å². The Hall–Kier alpha value is -0.760. The molecule has 1 atom stereocenters. The molecule has 0 bridgehead atoms. The fourth-order valence-electron chi connectivity index (χ4n) is 1.66. The van der Waals surface area contributed by atoms with Crippen LogP contribution in [0.25, 0.3) is 4.48 Å². The molecule has 0 amide bonds. The van der Waals surface area contributed by atoms with Crippen molar-refractivity contribution in [2.75, 3.05) is 7.05 Å². The van der Waals surface area contributed by atoms with Gasteiger partial charge >= 0.3 is 0 Å². The first-order valence-electron chi connectivity index (χ1n) is 4.38. The molecule has 13 heavy (non-hydrogen) atoms. The van der Waals surface area contributed by atoms with Crippen LogP contribution in [-0.4, -0.2) is 11.9 Å². The normalized spacial score (nSPS) is 21.0. The first kappa shape index (κ1) is 8.82. The summed E-state index contributed by atoms with van der Waals surface area (Å²) < 4.78 is 1.17. The Morgan fingerprint density at radius 1 is 1.31 bits per heavy atom. The van der Waals surface area contributed by atoms with Gasteiger partial charge < -0.3 is 4.90 Å². The smallest absolute Gasteiger partial charge is 0.0512 e. The molecule has 0 aromatic heterocycles. The molecule has 0 radical (unpaired) electrons. The molecule has 0 saturated carbocycles. The van der Waals surface area contributed by atoms with E-state index < -0.39 is 0 Å². The van der Waals surface area contributed by atoms with Crippen LogP contribution in [0.3, 0.4) is 0 Å². The van der Waals surface area contributed by atoms with Crippen LogP contribution in [0, 0.1) is 0 Å². The highest BCUT2D eigenvalue weighted by molar-refractivity contribution is 9.15. The van der Waals surface area contributed by atoms with Crippen molar-refractivity contribution in [1.29, 1.82) is 0 Å². The van der Waals surface area contributed by atoms with E-state index in [1.165, 1.54) is 15.6 Å². The van der Waals surface area contributed by atoms with E-state index in [-0.39, 0.29) is 0 Å². The standard InChI is InChI=1S/C11H12BrN/c1-8-9-5-3-4-6-10(9)11(12)7-13(8)2/h3-8H,1-2H3. The maximum Gasteiger partial charge on any atom is 0.0512 e. The highest BCUT2D eigenvalue weighted by atomic mass is 79.9. The highest BCUT2D eigenvalue weighted by Crippen LogP contribution is 2.35. The number of hydrogen-bond donors (Lipinski definition) is 0. The molecule has 0 fully saturated rings. The molecule has 1 nitrogen and oxygen atoms in total. The first-order chi connectivity index (χ1) is 6.20. The van der Waals surface area contributed by atoms with E-state index in [1.54, 1.807) is 0 Å². The molecule has 1 aromatic carbocycles. The minimum absolute atomic E-state index is 0.470. The van der Waals surface area contributed by atoms with Crippen molar-refractivity contribution in [2.45, 2.75) is 13.0 Å². The second kappa shape index (κ2) is 3.18. The second-order valence-corrected chi connectivity index (χ2v) is 4.26. The predicted octanol–water partition coefficient (Wildman–Crippen LogP) is 3.39. The van der Waals surface area contributed by atoms with E-state index in [9.17, 15) is 0 Å². The summed E-state index contributed by atoms with van der Waals surface area (Å²) in [6.45, 7) is 2.22. The highest BCUT2D eigenvalue weighted by Gasteiger charge is 2.19. The lowest BCUT2D eigenvalue weighted by atomic mass is 9.98. The zero-order valence-corrected chi connectivity index (χ0v) is 9.38. The van der Waals surface area contributed by atoms with Crippen LogP contribution in [0.1, 0.15) is 24.1 Å². The maximum atomic E-state index is 3.57. The molecule has 1 heterocycles. The zero-order chi connectivity index (χ0) is 9.42. The first-order valence-corrected chi connectivity index (χ1v) is 5.18. The fraction of sp³-hybridized carbons (Fsp3) is 0.273. The van der Waals surface area contributed by atoms with Crippen molar-refractivity contribution in [3.8, 4) is 0 Å². The van der Waals surface area contributed by atoms with Crippen molar-refractivity contribution in [1.82, 2.24) is 4.90 Å². The van der Waals surface area contributed by atoms with E-state index in [4.69, 9.17) is 0 Å². The van der Waals surface area contributed by atoms with E-state index in [0.717, 1.165) is 0 Å². The number of halogens is 1. The largest absolute Gasteiger partial charge is 0.373 e. The van der Waals surface area contributed by atoms with Gasteiger partial charge in [0.1, 0.15) is 0 Å². The molecular formula is C11H12BrN. The van der Waals surface area contributed by atoms with E-state index in [0.29, 0.717) is 6.04 Å². The Morgan fingerprint density at radius 2 is 2.00 bits per heavy atom. The van der Waals surface area contributed by atoms with Crippen molar-refractivity contribution in [2.24, 2.45) is 0 Å². The maximum absolute atomic E-state index is 3.57. The average Bonchev–Trinajstić information content (AvgIpc) is 2.15. The van der Waals surface area contributed by atoms with Gasteiger partial charge in [0.25, 0.3) is 0 Å². The summed E-state index contributed by atoms with van der Waals surface area (Å²) in [5.74, 6) is 0. The third-order valence-corrected chi connectivity index (χ3v) is 3.23. The number of benzene rings is 1. The van der Waals surface area contributed by atoms with Gasteiger partial charge in [-0.1, -0.05) is 24.3 Å². The van der Waals surface area contributed by atoms with Crippen LogP contribution in [0.4, 0.5) is 0 Å². The molecule has 1 unspecified atom stereocenters.